The van der Waals surface area contributed by atoms with E-state index in [0.29, 0.717) is 18.0 Å². The minimum atomic E-state index is -0.300. The summed E-state index contributed by atoms with van der Waals surface area (Å²) < 4.78 is 7.04. The fraction of sp³-hybridized carbons (Fsp3) is 0.731. The van der Waals surface area contributed by atoms with Gasteiger partial charge in [-0.1, -0.05) is 24.3 Å². The van der Waals surface area contributed by atoms with Gasteiger partial charge < -0.3 is 9.64 Å². The zero-order valence-corrected chi connectivity index (χ0v) is 18.2. The molecule has 3 saturated heterocycles. The molecule has 4 heteroatoms. The molecule has 0 N–H and O–H groups in total. The Balaban J connectivity index is 1.51. The lowest BCUT2D eigenvalue weighted by Crippen LogP contribution is -2.63. The summed E-state index contributed by atoms with van der Waals surface area (Å²) in [5, 5.41) is 0. The van der Waals surface area contributed by atoms with E-state index in [2.05, 4.69) is 40.2 Å². The average molecular weight is 409 g/mol. The Bertz CT molecular complexity index is 788. The first-order chi connectivity index (χ1) is 14.8. The fourth-order valence-electron chi connectivity index (χ4n) is 8.03. The summed E-state index contributed by atoms with van der Waals surface area (Å²) in [5.74, 6) is 0.397. The van der Waals surface area contributed by atoms with Crippen molar-refractivity contribution in [1.29, 1.82) is 0 Å². The van der Waals surface area contributed by atoms with Gasteiger partial charge in [-0.2, -0.15) is 0 Å². The summed E-state index contributed by atoms with van der Waals surface area (Å²) in [7, 11) is 0. The van der Waals surface area contributed by atoms with Crippen LogP contribution in [0.25, 0.3) is 0 Å². The molecule has 3 bridgehead atoms. The van der Waals surface area contributed by atoms with Crippen molar-refractivity contribution in [3.8, 4) is 0 Å². The lowest BCUT2D eigenvalue weighted by molar-refractivity contribution is -0.109. The molecule has 2 unspecified atom stereocenters. The second kappa shape index (κ2) is 7.43. The Kier molecular flexibility index (Phi) is 4.82. The van der Waals surface area contributed by atoms with Gasteiger partial charge in [-0.05, 0) is 94.9 Å². The van der Waals surface area contributed by atoms with Crippen LogP contribution in [0.1, 0.15) is 64.2 Å². The molecule has 1 aliphatic carbocycles. The summed E-state index contributed by atoms with van der Waals surface area (Å²) in [6.07, 6.45) is 25.0. The van der Waals surface area contributed by atoms with E-state index >= 15 is 0 Å². The van der Waals surface area contributed by atoms with Gasteiger partial charge in [-0.25, -0.2) is 0 Å². The zero-order chi connectivity index (χ0) is 20.2. The number of hydrogen-bond acceptors (Lipinski definition) is 4. The molecule has 0 radical (unpaired) electrons. The molecule has 7 atom stereocenters. The van der Waals surface area contributed by atoms with Crippen molar-refractivity contribution < 1.29 is 9.53 Å². The Hall–Kier alpha value is -1.23. The minimum Gasteiger partial charge on any atom is -0.351 e. The molecule has 0 aromatic rings. The van der Waals surface area contributed by atoms with E-state index in [-0.39, 0.29) is 17.2 Å². The predicted octanol–water partition coefficient (Wildman–Crippen LogP) is 4.23. The zero-order valence-electron chi connectivity index (χ0n) is 18.2. The Morgan fingerprint density at radius 2 is 1.93 bits per heavy atom. The van der Waals surface area contributed by atoms with E-state index in [1.165, 1.54) is 51.4 Å². The summed E-state index contributed by atoms with van der Waals surface area (Å²) in [5.41, 5.74) is 0.896. The van der Waals surface area contributed by atoms with Crippen LogP contribution < -0.4 is 0 Å². The number of hydrogen-bond donors (Lipinski definition) is 0. The molecule has 4 nitrogen and oxygen atoms in total. The smallest absolute Gasteiger partial charge is 0.146 e. The number of fused-ring (bicyclic) bond motifs is 1. The maximum Gasteiger partial charge on any atom is 0.146 e. The highest BCUT2D eigenvalue weighted by Crippen LogP contribution is 2.64. The topological polar surface area (TPSA) is 32.8 Å². The normalized spacial score (nSPS) is 50.1. The van der Waals surface area contributed by atoms with Gasteiger partial charge in [0.05, 0.1) is 6.04 Å². The average Bonchev–Trinajstić information content (AvgIpc) is 3.23. The van der Waals surface area contributed by atoms with E-state index in [1.807, 2.05) is 0 Å². The van der Waals surface area contributed by atoms with Gasteiger partial charge in [0.25, 0.3) is 0 Å². The Morgan fingerprint density at radius 1 is 1.03 bits per heavy atom. The molecule has 0 aromatic heterocycles. The van der Waals surface area contributed by atoms with E-state index in [9.17, 15) is 4.79 Å². The minimum absolute atomic E-state index is 0.148. The highest BCUT2D eigenvalue weighted by molar-refractivity contribution is 5.76. The molecule has 3 fully saturated rings. The third-order valence-electron chi connectivity index (χ3n) is 9.00. The summed E-state index contributed by atoms with van der Waals surface area (Å²) in [4.78, 5) is 17.9. The van der Waals surface area contributed by atoms with Crippen LogP contribution in [0.2, 0.25) is 0 Å². The highest BCUT2D eigenvalue weighted by Gasteiger charge is 2.70. The maximum absolute atomic E-state index is 12.4. The Morgan fingerprint density at radius 3 is 2.87 bits per heavy atom. The predicted molar refractivity (Wildman–Crippen MR) is 118 cm³/mol. The van der Waals surface area contributed by atoms with Crippen LogP contribution in [0.4, 0.5) is 0 Å². The number of nitrogens with zero attached hydrogens (tertiary/aromatic N) is 2. The molecule has 30 heavy (non-hydrogen) atoms. The van der Waals surface area contributed by atoms with E-state index in [0.717, 1.165) is 44.3 Å². The van der Waals surface area contributed by atoms with Crippen LogP contribution in [-0.4, -0.2) is 59.6 Å². The van der Waals surface area contributed by atoms with Crippen molar-refractivity contribution in [3.63, 3.8) is 0 Å². The van der Waals surface area contributed by atoms with Crippen LogP contribution in [-0.2, 0) is 9.53 Å². The maximum atomic E-state index is 12.4. The van der Waals surface area contributed by atoms with Gasteiger partial charge >= 0.3 is 0 Å². The molecule has 6 aliphatic rings. The van der Waals surface area contributed by atoms with Crippen molar-refractivity contribution in [2.24, 2.45) is 11.3 Å². The van der Waals surface area contributed by atoms with Gasteiger partial charge in [0.1, 0.15) is 18.1 Å². The lowest BCUT2D eigenvalue weighted by Gasteiger charge is -2.55. The SMILES string of the molecule is O=CC1=C[C@]23CC/C=C\CCCCN4CC[C@@H]1[C@]1(C[C@@H]5/C=C\CCC[C@@H](O2)N5C13)C4. The number of carbonyl (C=O) groups excluding carboxylic acids is 1. The molecular weight excluding hydrogens is 372 g/mol. The largest absolute Gasteiger partial charge is 0.351 e. The summed E-state index contributed by atoms with van der Waals surface area (Å²) in [6, 6.07) is 0.876. The molecule has 0 saturated carbocycles. The first-order valence-electron chi connectivity index (χ1n) is 12.4. The van der Waals surface area contributed by atoms with E-state index in [1.54, 1.807) is 0 Å². The summed E-state index contributed by atoms with van der Waals surface area (Å²) in [6.45, 7) is 3.48. The standard InChI is InChI=1S/C26H36N2O2/c29-18-20-16-26-13-8-3-1-2-4-9-14-27-15-12-22(20)25(19-27)17-21-10-6-5-7-11-23(30-26)28(21)24(25)26/h1,3,6,10,16,18,21-24H,2,4-5,7-9,11-15,17,19H2/b3-1-,10-6-/t21-,22-,23+,24?,25-,26-/m0/s1. The number of rotatable bonds is 1. The number of piperidine rings is 1. The monoisotopic (exact) mass is 408 g/mol. The van der Waals surface area contributed by atoms with Crippen molar-refractivity contribution in [3.05, 3.63) is 36.0 Å². The molecule has 5 heterocycles. The third kappa shape index (κ3) is 2.79. The number of ether oxygens (including phenoxy) is 1. The van der Waals surface area contributed by atoms with Gasteiger partial charge in [0.15, 0.2) is 0 Å². The molecule has 1 spiro atoms. The van der Waals surface area contributed by atoms with Crippen molar-refractivity contribution in [1.82, 2.24) is 9.80 Å². The fourth-order valence-corrected chi connectivity index (χ4v) is 8.03. The van der Waals surface area contributed by atoms with Crippen LogP contribution >= 0.6 is 0 Å². The molecule has 5 aliphatic heterocycles. The van der Waals surface area contributed by atoms with Gasteiger partial charge in [0.2, 0.25) is 0 Å². The van der Waals surface area contributed by atoms with Crippen LogP contribution in [0.3, 0.4) is 0 Å². The quantitative estimate of drug-likeness (QED) is 0.480. The van der Waals surface area contributed by atoms with Gasteiger partial charge in [-0.3, -0.25) is 9.69 Å². The Labute approximate surface area is 181 Å². The molecular formula is C26H36N2O2. The molecule has 162 valence electrons. The second-order valence-electron chi connectivity index (χ2n) is 10.6. The lowest BCUT2D eigenvalue weighted by atomic mass is 9.55. The second-order valence-corrected chi connectivity index (χ2v) is 10.6. The first kappa shape index (κ1) is 19.5. The van der Waals surface area contributed by atoms with Crippen LogP contribution in [0.5, 0.6) is 0 Å². The highest BCUT2D eigenvalue weighted by atomic mass is 16.5. The van der Waals surface area contributed by atoms with Crippen molar-refractivity contribution in [2.45, 2.75) is 88.1 Å². The van der Waals surface area contributed by atoms with Crippen LogP contribution in [0.15, 0.2) is 36.0 Å². The summed E-state index contributed by atoms with van der Waals surface area (Å²) >= 11 is 0. The first-order valence-corrected chi connectivity index (χ1v) is 12.4. The molecule has 0 amide bonds. The molecule has 6 rings (SSSR count). The molecule has 0 aromatic carbocycles. The third-order valence-corrected chi connectivity index (χ3v) is 9.00. The number of aldehydes is 1. The van der Waals surface area contributed by atoms with Gasteiger partial charge in [0, 0.05) is 18.0 Å². The van der Waals surface area contributed by atoms with Crippen LogP contribution in [0, 0.1) is 11.3 Å². The van der Waals surface area contributed by atoms with Gasteiger partial charge in [-0.15, -0.1) is 0 Å². The number of carbonyl (C=O) groups is 1. The van der Waals surface area contributed by atoms with E-state index in [4.69, 9.17) is 4.74 Å². The van der Waals surface area contributed by atoms with Crippen molar-refractivity contribution >= 4 is 6.29 Å². The van der Waals surface area contributed by atoms with Crippen molar-refractivity contribution in [2.75, 3.05) is 19.6 Å². The number of allylic oxidation sites excluding steroid dienone is 4. The van der Waals surface area contributed by atoms with E-state index < -0.39 is 0 Å².